The van der Waals surface area contributed by atoms with Crippen molar-refractivity contribution in [3.63, 3.8) is 0 Å². The van der Waals surface area contributed by atoms with Gasteiger partial charge in [0.05, 0.1) is 23.1 Å². The number of hydrogen-bond donors (Lipinski definition) is 3. The highest BCUT2D eigenvalue weighted by Gasteiger charge is 2.28. The fourth-order valence-corrected chi connectivity index (χ4v) is 4.05. The molecule has 2 aromatic carbocycles. The Morgan fingerprint density at radius 3 is 2.45 bits per heavy atom. The van der Waals surface area contributed by atoms with E-state index in [4.69, 9.17) is 5.11 Å². The molecule has 0 saturated heterocycles. The highest BCUT2D eigenvalue weighted by atomic mass is 32.2. The van der Waals surface area contributed by atoms with Gasteiger partial charge in [-0.3, -0.25) is 4.68 Å². The molecule has 1 aliphatic carbocycles. The molecule has 3 N–H and O–H groups in total. The van der Waals surface area contributed by atoms with E-state index in [2.05, 4.69) is 15.1 Å². The topological polar surface area (TPSA) is 96.2 Å². The van der Waals surface area contributed by atoms with E-state index in [0.29, 0.717) is 10.9 Å². The number of anilines is 2. The molecule has 0 radical (unpaired) electrons. The Morgan fingerprint density at radius 1 is 1.14 bits per heavy atom. The number of hydrogen-bond acceptors (Lipinski definition) is 5. The molecule has 0 amide bonds. The lowest BCUT2D eigenvalue weighted by Crippen LogP contribution is -2.26. The second-order valence-corrected chi connectivity index (χ2v) is 8.47. The van der Waals surface area contributed by atoms with Gasteiger partial charge in [-0.15, -0.1) is 0 Å². The maximum atomic E-state index is 13.6. The first-order valence-electron chi connectivity index (χ1n) is 8.84. The number of nitrogens with zero attached hydrogens (tertiary/aromatic N) is 2. The highest BCUT2D eigenvalue weighted by Crippen LogP contribution is 2.39. The third-order valence-corrected chi connectivity index (χ3v) is 5.99. The molecule has 4 rings (SSSR count). The largest absolute Gasteiger partial charge is 0.395 e. The summed E-state index contributed by atoms with van der Waals surface area (Å²) in [6.07, 6.45) is 1.82. The van der Waals surface area contributed by atoms with Gasteiger partial charge in [0.15, 0.2) is 23.3 Å². The van der Waals surface area contributed by atoms with Crippen molar-refractivity contribution in [1.82, 2.24) is 14.5 Å². The Bertz CT molecular complexity index is 1170. The smallest absolute Gasteiger partial charge is 0.240 e. The molecule has 29 heavy (non-hydrogen) atoms. The van der Waals surface area contributed by atoms with Crippen LogP contribution in [0.1, 0.15) is 18.9 Å². The van der Waals surface area contributed by atoms with Crippen molar-refractivity contribution >= 4 is 32.4 Å². The fraction of sp³-hybridized carbons (Fsp3) is 0.278. The average molecular weight is 426 g/mol. The molecular weight excluding hydrogens is 409 g/mol. The number of aliphatic hydroxyl groups excluding tert-OH is 1. The standard InChI is InChI=1S/C18H17F3N4O3S/c19-14-7-10(8-15(20)17(14)21)23-18-13-9-12(29(27,28)22-5-6-26)3-4-16(13)25(24-18)11-1-2-11/h3-4,7-9,11,22,26H,1-2,5-6H2,(H,23,24). The number of fused-ring (bicyclic) bond motifs is 1. The van der Waals surface area contributed by atoms with Crippen LogP contribution in [0.25, 0.3) is 10.9 Å². The summed E-state index contributed by atoms with van der Waals surface area (Å²) >= 11 is 0. The van der Waals surface area contributed by atoms with Crippen molar-refractivity contribution in [3.8, 4) is 0 Å². The summed E-state index contributed by atoms with van der Waals surface area (Å²) in [5, 5.41) is 16.5. The maximum Gasteiger partial charge on any atom is 0.240 e. The monoisotopic (exact) mass is 426 g/mol. The maximum absolute atomic E-state index is 13.6. The van der Waals surface area contributed by atoms with Crippen LogP contribution < -0.4 is 10.0 Å². The number of aliphatic hydroxyl groups is 1. The van der Waals surface area contributed by atoms with E-state index in [1.165, 1.54) is 12.1 Å². The van der Waals surface area contributed by atoms with E-state index in [-0.39, 0.29) is 35.6 Å². The Hall–Kier alpha value is -2.63. The molecule has 1 saturated carbocycles. The van der Waals surface area contributed by atoms with E-state index in [1.807, 2.05) is 0 Å². The van der Waals surface area contributed by atoms with E-state index in [0.717, 1.165) is 25.0 Å². The SMILES string of the molecule is O=S(=O)(NCCO)c1ccc2c(c1)c(Nc1cc(F)c(F)c(F)c1)nn2C1CC1. The second-order valence-electron chi connectivity index (χ2n) is 6.70. The number of rotatable bonds is 7. The van der Waals surface area contributed by atoms with Crippen LogP contribution in [0.4, 0.5) is 24.7 Å². The minimum Gasteiger partial charge on any atom is -0.395 e. The van der Waals surface area contributed by atoms with Crippen LogP contribution in [0, 0.1) is 17.5 Å². The van der Waals surface area contributed by atoms with Crippen molar-refractivity contribution in [1.29, 1.82) is 0 Å². The van der Waals surface area contributed by atoms with Crippen LogP contribution in [0.2, 0.25) is 0 Å². The average Bonchev–Trinajstić information content (AvgIpc) is 3.47. The number of sulfonamides is 1. The predicted molar refractivity (Wildman–Crippen MR) is 99.9 cm³/mol. The third kappa shape index (κ3) is 3.80. The molecule has 0 bridgehead atoms. The van der Waals surface area contributed by atoms with Crippen molar-refractivity contribution in [2.75, 3.05) is 18.5 Å². The summed E-state index contributed by atoms with van der Waals surface area (Å²) in [4.78, 5) is -0.0479. The lowest BCUT2D eigenvalue weighted by molar-refractivity contribution is 0.301. The summed E-state index contributed by atoms with van der Waals surface area (Å²) in [6.45, 7) is -0.490. The van der Waals surface area contributed by atoms with Crippen LogP contribution >= 0.6 is 0 Å². The molecule has 1 aliphatic rings. The van der Waals surface area contributed by atoms with E-state index in [1.54, 1.807) is 10.7 Å². The minimum atomic E-state index is -3.86. The molecule has 154 valence electrons. The van der Waals surface area contributed by atoms with Crippen molar-refractivity contribution in [3.05, 3.63) is 47.8 Å². The molecule has 1 heterocycles. The molecule has 0 atom stereocenters. The molecule has 7 nitrogen and oxygen atoms in total. The lowest BCUT2D eigenvalue weighted by atomic mass is 10.2. The van der Waals surface area contributed by atoms with Gasteiger partial charge < -0.3 is 10.4 Å². The zero-order chi connectivity index (χ0) is 20.8. The summed E-state index contributed by atoms with van der Waals surface area (Å²) in [5.41, 5.74) is 0.592. The van der Waals surface area contributed by atoms with Gasteiger partial charge in [-0.25, -0.2) is 26.3 Å². The first-order chi connectivity index (χ1) is 13.8. The van der Waals surface area contributed by atoms with E-state index in [9.17, 15) is 21.6 Å². The second kappa shape index (κ2) is 7.32. The Labute approximate surface area is 164 Å². The van der Waals surface area contributed by atoms with Gasteiger partial charge >= 0.3 is 0 Å². The van der Waals surface area contributed by atoms with Crippen molar-refractivity contribution in [2.24, 2.45) is 0 Å². The van der Waals surface area contributed by atoms with Gasteiger partial charge in [0, 0.05) is 29.8 Å². The zero-order valence-corrected chi connectivity index (χ0v) is 15.8. The number of benzene rings is 2. The summed E-state index contributed by atoms with van der Waals surface area (Å²) in [5.74, 6) is -4.09. The summed E-state index contributed by atoms with van der Waals surface area (Å²) in [7, 11) is -3.86. The van der Waals surface area contributed by atoms with Crippen LogP contribution in [-0.2, 0) is 10.0 Å². The molecule has 1 fully saturated rings. The molecular formula is C18H17F3N4O3S. The fourth-order valence-electron chi connectivity index (χ4n) is 3.00. The first-order valence-corrected chi connectivity index (χ1v) is 10.3. The van der Waals surface area contributed by atoms with Crippen LogP contribution in [0.5, 0.6) is 0 Å². The normalized spacial score (nSPS) is 14.5. The van der Waals surface area contributed by atoms with E-state index >= 15 is 0 Å². The quantitative estimate of drug-likeness (QED) is 0.505. The van der Waals surface area contributed by atoms with Gasteiger partial charge in [0.2, 0.25) is 10.0 Å². The van der Waals surface area contributed by atoms with E-state index < -0.39 is 27.5 Å². The molecule has 11 heteroatoms. The van der Waals surface area contributed by atoms with Crippen LogP contribution in [-0.4, -0.2) is 36.5 Å². The predicted octanol–water partition coefficient (Wildman–Crippen LogP) is 2.80. The number of aromatic nitrogens is 2. The van der Waals surface area contributed by atoms with Crippen LogP contribution in [0.3, 0.4) is 0 Å². The number of nitrogens with one attached hydrogen (secondary N) is 2. The molecule has 0 spiro atoms. The summed E-state index contributed by atoms with van der Waals surface area (Å²) in [6, 6.07) is 6.16. The number of halogens is 3. The molecule has 0 unspecified atom stereocenters. The Balaban J connectivity index is 1.79. The Kier molecular flexibility index (Phi) is 4.97. The lowest BCUT2D eigenvalue weighted by Gasteiger charge is -2.07. The Morgan fingerprint density at radius 2 is 1.83 bits per heavy atom. The van der Waals surface area contributed by atoms with Gasteiger partial charge in [-0.1, -0.05) is 0 Å². The highest BCUT2D eigenvalue weighted by molar-refractivity contribution is 7.89. The van der Waals surface area contributed by atoms with Gasteiger partial charge in [-0.05, 0) is 31.0 Å². The van der Waals surface area contributed by atoms with Gasteiger partial charge in [-0.2, -0.15) is 5.10 Å². The third-order valence-electron chi connectivity index (χ3n) is 4.53. The molecule has 1 aromatic heterocycles. The van der Waals surface area contributed by atoms with Gasteiger partial charge in [0.1, 0.15) is 0 Å². The minimum absolute atomic E-state index is 0.0479. The molecule has 0 aliphatic heterocycles. The van der Waals surface area contributed by atoms with Crippen LogP contribution in [0.15, 0.2) is 35.2 Å². The first kappa shape index (κ1) is 19.7. The summed E-state index contributed by atoms with van der Waals surface area (Å²) < 4.78 is 69.0. The molecule has 3 aromatic rings. The van der Waals surface area contributed by atoms with Crippen molar-refractivity contribution in [2.45, 2.75) is 23.8 Å². The van der Waals surface area contributed by atoms with Crippen molar-refractivity contribution < 1.29 is 26.7 Å². The van der Waals surface area contributed by atoms with Gasteiger partial charge in [0.25, 0.3) is 0 Å². The zero-order valence-electron chi connectivity index (χ0n) is 15.0.